The van der Waals surface area contributed by atoms with Gasteiger partial charge in [0, 0.05) is 12.3 Å². The highest BCUT2D eigenvalue weighted by molar-refractivity contribution is 7.80. The largest absolute Gasteiger partial charge is 0.468 e. The number of esters is 1. The lowest BCUT2D eigenvalue weighted by Crippen LogP contribution is -2.54. The number of amides is 3. The number of ether oxygens (including phenoxy) is 2. The van der Waals surface area contributed by atoms with Crippen LogP contribution in [0.25, 0.3) is 0 Å². The SMILES string of the molecule is COC(=O)CNC(=O)C(c1ccccc1C)N(CCO)C(=O)C(CS)NC(=O)OC(C)(C)C. The van der Waals surface area contributed by atoms with Gasteiger partial charge in [0.05, 0.1) is 13.7 Å². The molecule has 11 heteroatoms. The Bertz CT molecular complexity index is 842. The molecule has 184 valence electrons. The van der Waals surface area contributed by atoms with E-state index in [4.69, 9.17) is 4.74 Å². The molecule has 0 saturated heterocycles. The lowest BCUT2D eigenvalue weighted by atomic mass is 9.98. The molecule has 0 fully saturated rings. The number of rotatable bonds is 10. The summed E-state index contributed by atoms with van der Waals surface area (Å²) in [6, 6.07) is 4.62. The van der Waals surface area contributed by atoms with E-state index in [0.717, 1.165) is 4.90 Å². The zero-order valence-corrected chi connectivity index (χ0v) is 20.5. The lowest BCUT2D eigenvalue weighted by molar-refractivity contribution is -0.144. The van der Waals surface area contributed by atoms with Crippen LogP contribution in [0, 0.1) is 6.92 Å². The molecule has 0 radical (unpaired) electrons. The third-order valence-electron chi connectivity index (χ3n) is 4.47. The van der Waals surface area contributed by atoms with Crippen molar-refractivity contribution in [1.82, 2.24) is 15.5 Å². The Kier molecular flexibility index (Phi) is 11.2. The molecular weight excluding hydrogens is 450 g/mol. The average Bonchev–Trinajstić information content (AvgIpc) is 2.74. The van der Waals surface area contributed by atoms with Crippen LogP contribution in [0.15, 0.2) is 24.3 Å². The van der Waals surface area contributed by atoms with Gasteiger partial charge in [-0.1, -0.05) is 24.3 Å². The molecule has 2 unspecified atom stereocenters. The Balaban J connectivity index is 3.31. The summed E-state index contributed by atoms with van der Waals surface area (Å²) in [6.07, 6.45) is -0.818. The molecule has 3 N–H and O–H groups in total. The zero-order valence-electron chi connectivity index (χ0n) is 19.6. The van der Waals surface area contributed by atoms with Crippen LogP contribution in [0.5, 0.6) is 0 Å². The number of alkyl carbamates (subject to hydrolysis) is 1. The number of methoxy groups -OCH3 is 1. The van der Waals surface area contributed by atoms with Crippen molar-refractivity contribution in [2.24, 2.45) is 0 Å². The van der Waals surface area contributed by atoms with Crippen LogP contribution in [-0.2, 0) is 23.9 Å². The predicted molar refractivity (Wildman–Crippen MR) is 125 cm³/mol. The molecule has 0 bridgehead atoms. The molecule has 0 heterocycles. The molecule has 0 aromatic heterocycles. The van der Waals surface area contributed by atoms with E-state index in [1.165, 1.54) is 7.11 Å². The summed E-state index contributed by atoms with van der Waals surface area (Å²) in [7, 11) is 1.19. The number of aliphatic hydroxyl groups is 1. The van der Waals surface area contributed by atoms with E-state index in [-0.39, 0.29) is 12.3 Å². The number of thiol groups is 1. The number of benzene rings is 1. The second-order valence-corrected chi connectivity index (χ2v) is 8.55. The van der Waals surface area contributed by atoms with Crippen LogP contribution in [-0.4, -0.2) is 78.1 Å². The van der Waals surface area contributed by atoms with E-state index in [2.05, 4.69) is 28.0 Å². The smallest absolute Gasteiger partial charge is 0.408 e. The Morgan fingerprint density at radius 3 is 2.33 bits per heavy atom. The van der Waals surface area contributed by atoms with Crippen LogP contribution >= 0.6 is 12.6 Å². The minimum Gasteiger partial charge on any atom is -0.468 e. The van der Waals surface area contributed by atoms with Crippen molar-refractivity contribution in [1.29, 1.82) is 0 Å². The molecule has 0 aliphatic rings. The molecule has 10 nitrogen and oxygen atoms in total. The summed E-state index contributed by atoms with van der Waals surface area (Å²) in [5.74, 6) is -2.03. The van der Waals surface area contributed by atoms with E-state index in [1.807, 2.05) is 0 Å². The van der Waals surface area contributed by atoms with Crippen molar-refractivity contribution < 1.29 is 33.8 Å². The summed E-state index contributed by atoms with van der Waals surface area (Å²) >= 11 is 4.17. The number of carbonyl (C=O) groups excluding carboxylic acids is 4. The number of nitrogens with zero attached hydrogens (tertiary/aromatic N) is 1. The molecule has 1 aromatic carbocycles. The van der Waals surface area contributed by atoms with Gasteiger partial charge in [0.1, 0.15) is 24.2 Å². The van der Waals surface area contributed by atoms with Gasteiger partial charge in [0.2, 0.25) is 11.8 Å². The summed E-state index contributed by atoms with van der Waals surface area (Å²) in [5, 5.41) is 14.6. The van der Waals surface area contributed by atoms with E-state index in [0.29, 0.717) is 11.1 Å². The van der Waals surface area contributed by atoms with Crippen molar-refractivity contribution in [3.63, 3.8) is 0 Å². The Morgan fingerprint density at radius 1 is 1.18 bits per heavy atom. The van der Waals surface area contributed by atoms with Gasteiger partial charge < -0.3 is 30.1 Å². The fourth-order valence-corrected chi connectivity index (χ4v) is 3.23. The second-order valence-electron chi connectivity index (χ2n) is 8.19. The van der Waals surface area contributed by atoms with Gasteiger partial charge in [-0.05, 0) is 38.8 Å². The van der Waals surface area contributed by atoms with Gasteiger partial charge in [-0.3, -0.25) is 14.4 Å². The minimum atomic E-state index is -1.18. The monoisotopic (exact) mass is 483 g/mol. The number of nitrogens with one attached hydrogen (secondary N) is 2. The molecule has 1 rings (SSSR count). The maximum atomic E-state index is 13.4. The summed E-state index contributed by atoms with van der Waals surface area (Å²) in [5.41, 5.74) is 0.433. The van der Waals surface area contributed by atoms with Gasteiger partial charge in [0.25, 0.3) is 0 Å². The van der Waals surface area contributed by atoms with Crippen molar-refractivity contribution in [2.45, 2.75) is 45.4 Å². The highest BCUT2D eigenvalue weighted by Gasteiger charge is 2.36. The highest BCUT2D eigenvalue weighted by Crippen LogP contribution is 2.25. The van der Waals surface area contributed by atoms with Crippen LogP contribution in [0.2, 0.25) is 0 Å². The molecular formula is C22H33N3O7S. The summed E-state index contributed by atoms with van der Waals surface area (Å²) < 4.78 is 9.77. The molecule has 0 spiro atoms. The van der Waals surface area contributed by atoms with Gasteiger partial charge in [-0.15, -0.1) is 0 Å². The molecule has 1 aromatic rings. The first kappa shape index (κ1) is 28.2. The summed E-state index contributed by atoms with van der Waals surface area (Å²) in [4.78, 5) is 51.5. The van der Waals surface area contributed by atoms with Crippen LogP contribution < -0.4 is 10.6 Å². The molecule has 0 aliphatic carbocycles. The van der Waals surface area contributed by atoms with Gasteiger partial charge in [0.15, 0.2) is 0 Å². The van der Waals surface area contributed by atoms with Gasteiger partial charge in [-0.2, -0.15) is 12.6 Å². The minimum absolute atomic E-state index is 0.0791. The number of hydrogen-bond acceptors (Lipinski definition) is 8. The molecule has 3 amide bonds. The van der Waals surface area contributed by atoms with Crippen LogP contribution in [0.4, 0.5) is 4.79 Å². The molecule has 33 heavy (non-hydrogen) atoms. The summed E-state index contributed by atoms with van der Waals surface area (Å²) in [6.45, 7) is 5.78. The van der Waals surface area contributed by atoms with Gasteiger partial charge in [-0.25, -0.2) is 4.79 Å². The average molecular weight is 484 g/mol. The number of aliphatic hydroxyl groups excluding tert-OH is 1. The molecule has 0 aliphatic heterocycles. The van der Waals surface area contributed by atoms with Crippen molar-refractivity contribution in [2.75, 3.05) is 32.6 Å². The van der Waals surface area contributed by atoms with Crippen molar-refractivity contribution >= 4 is 36.5 Å². The maximum absolute atomic E-state index is 13.4. The number of aryl methyl sites for hydroxylation is 1. The first-order chi connectivity index (χ1) is 15.4. The number of hydrogen-bond donors (Lipinski definition) is 4. The van der Waals surface area contributed by atoms with Gasteiger partial charge >= 0.3 is 12.1 Å². The third kappa shape index (κ3) is 8.93. The first-order valence-electron chi connectivity index (χ1n) is 10.4. The van der Waals surface area contributed by atoms with Crippen LogP contribution in [0.3, 0.4) is 0 Å². The normalized spacial score (nSPS) is 12.8. The van der Waals surface area contributed by atoms with Crippen molar-refractivity contribution in [3.8, 4) is 0 Å². The molecule has 0 saturated carbocycles. The Hall–Kier alpha value is -2.79. The van der Waals surface area contributed by atoms with E-state index in [1.54, 1.807) is 52.0 Å². The van der Waals surface area contributed by atoms with Crippen molar-refractivity contribution in [3.05, 3.63) is 35.4 Å². The van der Waals surface area contributed by atoms with E-state index < -0.39 is 54.7 Å². The molecule has 2 atom stereocenters. The number of carbonyl (C=O) groups is 4. The predicted octanol–water partition coefficient (Wildman–Crippen LogP) is 0.969. The highest BCUT2D eigenvalue weighted by atomic mass is 32.1. The Labute approximate surface area is 199 Å². The second kappa shape index (κ2) is 13.0. The fourth-order valence-electron chi connectivity index (χ4n) is 2.98. The topological polar surface area (TPSA) is 134 Å². The van der Waals surface area contributed by atoms with E-state index in [9.17, 15) is 24.3 Å². The third-order valence-corrected chi connectivity index (χ3v) is 4.84. The quantitative estimate of drug-likeness (QED) is 0.288. The zero-order chi connectivity index (χ0) is 25.2. The van der Waals surface area contributed by atoms with Crippen LogP contribution in [0.1, 0.15) is 37.9 Å². The van der Waals surface area contributed by atoms with E-state index >= 15 is 0 Å². The fraction of sp³-hybridized carbons (Fsp3) is 0.545. The standard InChI is InChI=1S/C22H33N3O7S/c1-14-8-6-7-9-15(14)18(19(28)23-12-17(27)31-5)25(10-11-26)20(29)16(13-33)24-21(30)32-22(2,3)4/h6-9,16,18,26,33H,10-13H2,1-5H3,(H,23,28)(H,24,30). The lowest BCUT2D eigenvalue weighted by Gasteiger charge is -2.34. The Morgan fingerprint density at radius 2 is 1.82 bits per heavy atom. The first-order valence-corrected chi connectivity index (χ1v) is 11.0. The maximum Gasteiger partial charge on any atom is 0.408 e.